The van der Waals surface area contributed by atoms with Crippen molar-refractivity contribution in [3.63, 3.8) is 0 Å². The first kappa shape index (κ1) is 15.8. The Labute approximate surface area is 145 Å². The molecule has 128 valence electrons. The van der Waals surface area contributed by atoms with Crippen LogP contribution in [0.15, 0.2) is 35.3 Å². The lowest BCUT2D eigenvalue weighted by atomic mass is 9.97. The highest BCUT2D eigenvalue weighted by Crippen LogP contribution is 2.24. The number of hydrogen-bond acceptors (Lipinski definition) is 3. The fraction of sp³-hybridized carbons (Fsp3) is 0.350. The van der Waals surface area contributed by atoms with E-state index in [0.29, 0.717) is 37.1 Å². The molecule has 0 radical (unpaired) electrons. The van der Waals surface area contributed by atoms with Crippen LogP contribution in [0.3, 0.4) is 0 Å². The van der Waals surface area contributed by atoms with Crippen LogP contribution in [-0.2, 0) is 19.4 Å². The van der Waals surface area contributed by atoms with Crippen molar-refractivity contribution >= 4 is 11.7 Å². The average molecular weight is 336 g/mol. The maximum absolute atomic E-state index is 12.9. The van der Waals surface area contributed by atoms with Crippen LogP contribution in [0.1, 0.15) is 56.7 Å². The number of aromatic amines is 1. The predicted molar refractivity (Wildman–Crippen MR) is 93.8 cm³/mol. The minimum Gasteiger partial charge on any atom is -0.334 e. The van der Waals surface area contributed by atoms with Crippen molar-refractivity contribution in [2.75, 3.05) is 6.54 Å². The Kier molecular flexibility index (Phi) is 3.99. The lowest BCUT2D eigenvalue weighted by Crippen LogP contribution is -2.38. The SMILES string of the molecule is O=C1CCCCc2cc(C(=O)N3CCc4cc[nH]c(=O)c4C3)ccc21. The first-order chi connectivity index (χ1) is 12.1. The third kappa shape index (κ3) is 2.90. The summed E-state index contributed by atoms with van der Waals surface area (Å²) >= 11 is 0. The van der Waals surface area contributed by atoms with Crippen molar-refractivity contribution in [2.24, 2.45) is 0 Å². The number of pyridine rings is 1. The van der Waals surface area contributed by atoms with Crippen LogP contribution in [-0.4, -0.2) is 28.1 Å². The van der Waals surface area contributed by atoms with Crippen LogP contribution in [0.2, 0.25) is 0 Å². The first-order valence-corrected chi connectivity index (χ1v) is 8.78. The number of Topliss-reactive ketones (excluding diaryl/α,β-unsaturated/α-hetero) is 1. The van der Waals surface area contributed by atoms with Gasteiger partial charge in [0.05, 0.1) is 6.54 Å². The third-order valence-corrected chi connectivity index (χ3v) is 5.20. The Hall–Kier alpha value is -2.69. The molecule has 5 nitrogen and oxygen atoms in total. The first-order valence-electron chi connectivity index (χ1n) is 8.78. The highest BCUT2D eigenvalue weighted by atomic mass is 16.2. The second kappa shape index (κ2) is 6.31. The quantitative estimate of drug-likeness (QED) is 0.813. The number of ketones is 1. The zero-order chi connectivity index (χ0) is 17.4. The number of fused-ring (bicyclic) bond motifs is 2. The fourth-order valence-corrected chi connectivity index (χ4v) is 3.78. The number of rotatable bonds is 1. The van der Waals surface area contributed by atoms with E-state index in [2.05, 4.69) is 4.98 Å². The Bertz CT molecular complexity index is 913. The van der Waals surface area contributed by atoms with E-state index in [9.17, 15) is 14.4 Å². The minimum atomic E-state index is -0.123. The number of carbonyl (C=O) groups is 2. The summed E-state index contributed by atoms with van der Waals surface area (Å²) in [5.74, 6) is 0.0957. The summed E-state index contributed by atoms with van der Waals surface area (Å²) in [7, 11) is 0. The largest absolute Gasteiger partial charge is 0.334 e. The lowest BCUT2D eigenvalue weighted by Gasteiger charge is -2.28. The van der Waals surface area contributed by atoms with Gasteiger partial charge < -0.3 is 9.88 Å². The van der Waals surface area contributed by atoms with Crippen molar-refractivity contribution in [2.45, 2.75) is 38.6 Å². The molecule has 2 heterocycles. The smallest absolute Gasteiger partial charge is 0.254 e. The maximum atomic E-state index is 12.9. The van der Waals surface area contributed by atoms with Crippen LogP contribution in [0, 0.1) is 0 Å². The predicted octanol–water partition coefficient (Wildman–Crippen LogP) is 2.48. The van der Waals surface area contributed by atoms with Gasteiger partial charge in [0.25, 0.3) is 11.5 Å². The summed E-state index contributed by atoms with van der Waals surface area (Å²) in [6.45, 7) is 0.936. The normalized spacial score (nSPS) is 16.8. The summed E-state index contributed by atoms with van der Waals surface area (Å²) < 4.78 is 0. The van der Waals surface area contributed by atoms with Crippen molar-refractivity contribution in [1.82, 2.24) is 9.88 Å². The third-order valence-electron chi connectivity index (χ3n) is 5.20. The van der Waals surface area contributed by atoms with Gasteiger partial charge in [-0.3, -0.25) is 14.4 Å². The molecule has 4 rings (SSSR count). The van der Waals surface area contributed by atoms with Gasteiger partial charge in [-0.25, -0.2) is 0 Å². The molecule has 2 aromatic rings. The highest BCUT2D eigenvalue weighted by molar-refractivity contribution is 6.00. The molecule has 0 spiro atoms. The summed E-state index contributed by atoms with van der Waals surface area (Å²) in [5.41, 5.74) is 3.90. The van der Waals surface area contributed by atoms with E-state index in [0.717, 1.165) is 36.0 Å². The maximum Gasteiger partial charge on any atom is 0.254 e. The van der Waals surface area contributed by atoms with Gasteiger partial charge in [0.2, 0.25) is 0 Å². The van der Waals surface area contributed by atoms with Gasteiger partial charge in [0, 0.05) is 35.9 Å². The van der Waals surface area contributed by atoms with E-state index in [-0.39, 0.29) is 17.2 Å². The van der Waals surface area contributed by atoms with Gasteiger partial charge in [-0.2, -0.15) is 0 Å². The Morgan fingerprint density at radius 1 is 1.00 bits per heavy atom. The summed E-state index contributed by atoms with van der Waals surface area (Å²) in [4.78, 5) is 41.4. The molecule has 0 saturated carbocycles. The molecule has 1 aromatic carbocycles. The van der Waals surface area contributed by atoms with Gasteiger partial charge in [-0.05, 0) is 55.0 Å². The highest BCUT2D eigenvalue weighted by Gasteiger charge is 2.25. The van der Waals surface area contributed by atoms with Crippen LogP contribution < -0.4 is 5.56 Å². The minimum absolute atomic E-state index is 0.0756. The van der Waals surface area contributed by atoms with E-state index in [4.69, 9.17) is 0 Å². The molecule has 25 heavy (non-hydrogen) atoms. The van der Waals surface area contributed by atoms with E-state index in [1.165, 1.54) is 0 Å². The van der Waals surface area contributed by atoms with Crippen molar-refractivity contribution in [3.8, 4) is 0 Å². The summed E-state index contributed by atoms with van der Waals surface area (Å²) in [5, 5.41) is 0. The molecule has 1 aromatic heterocycles. The van der Waals surface area contributed by atoms with Gasteiger partial charge in [0.15, 0.2) is 5.78 Å². The van der Waals surface area contributed by atoms with Gasteiger partial charge in [0.1, 0.15) is 0 Å². The van der Waals surface area contributed by atoms with Crippen LogP contribution in [0.4, 0.5) is 0 Å². The van der Waals surface area contributed by atoms with E-state index in [1.807, 2.05) is 12.1 Å². The molecule has 1 amide bonds. The molecular weight excluding hydrogens is 316 g/mol. The molecule has 2 aliphatic rings. The molecule has 0 saturated heterocycles. The average Bonchev–Trinajstić information content (AvgIpc) is 2.82. The molecule has 1 N–H and O–H groups in total. The molecule has 0 bridgehead atoms. The zero-order valence-corrected chi connectivity index (χ0v) is 14.0. The van der Waals surface area contributed by atoms with Gasteiger partial charge in [-0.1, -0.05) is 6.07 Å². The Morgan fingerprint density at radius 3 is 2.72 bits per heavy atom. The molecule has 1 aliphatic carbocycles. The Morgan fingerprint density at radius 2 is 1.84 bits per heavy atom. The molecular formula is C20H20N2O3. The van der Waals surface area contributed by atoms with Gasteiger partial charge >= 0.3 is 0 Å². The van der Waals surface area contributed by atoms with Crippen molar-refractivity contribution < 1.29 is 9.59 Å². The summed E-state index contributed by atoms with van der Waals surface area (Å²) in [6.07, 6.45) is 5.65. The van der Waals surface area contributed by atoms with Crippen LogP contribution >= 0.6 is 0 Å². The lowest BCUT2D eigenvalue weighted by molar-refractivity contribution is 0.0733. The Balaban J connectivity index is 1.62. The molecule has 0 fully saturated rings. The molecule has 0 unspecified atom stereocenters. The van der Waals surface area contributed by atoms with E-state index < -0.39 is 0 Å². The van der Waals surface area contributed by atoms with E-state index in [1.54, 1.807) is 23.2 Å². The number of nitrogens with one attached hydrogen (secondary N) is 1. The topological polar surface area (TPSA) is 70.2 Å². The molecule has 0 atom stereocenters. The standard InChI is InChI=1S/C20H20N2O3/c23-18-4-2-1-3-14-11-15(5-6-16(14)18)20(25)22-10-8-13-7-9-21-19(24)17(13)12-22/h5-7,9,11H,1-4,8,10,12H2,(H,21,24). The molecule has 5 heteroatoms. The number of nitrogens with zero attached hydrogens (tertiary/aromatic N) is 1. The summed E-state index contributed by atoms with van der Waals surface area (Å²) in [6, 6.07) is 7.31. The van der Waals surface area contributed by atoms with Crippen molar-refractivity contribution in [1.29, 1.82) is 0 Å². The monoisotopic (exact) mass is 336 g/mol. The number of H-pyrrole nitrogens is 1. The number of hydrogen-bond donors (Lipinski definition) is 1. The van der Waals surface area contributed by atoms with E-state index >= 15 is 0 Å². The number of aryl methyl sites for hydroxylation is 1. The van der Waals surface area contributed by atoms with Gasteiger partial charge in [-0.15, -0.1) is 0 Å². The van der Waals surface area contributed by atoms with Crippen molar-refractivity contribution in [3.05, 3.63) is 68.6 Å². The molecule has 1 aliphatic heterocycles. The second-order valence-electron chi connectivity index (χ2n) is 6.79. The second-order valence-corrected chi connectivity index (χ2v) is 6.79. The fourth-order valence-electron chi connectivity index (χ4n) is 3.78. The van der Waals surface area contributed by atoms with Crippen LogP contribution in [0.25, 0.3) is 0 Å². The van der Waals surface area contributed by atoms with Crippen LogP contribution in [0.5, 0.6) is 0 Å². The zero-order valence-electron chi connectivity index (χ0n) is 14.0. The number of carbonyl (C=O) groups excluding carboxylic acids is 2. The number of aromatic nitrogens is 1. The number of amides is 1. The number of benzene rings is 1.